The summed E-state index contributed by atoms with van der Waals surface area (Å²) in [6, 6.07) is 0.858. The smallest absolute Gasteiger partial charge is 0.381 e. The van der Waals surface area contributed by atoms with Crippen molar-refractivity contribution >= 4 is 11.9 Å². The minimum absolute atomic E-state index is 0.0586. The number of halogens is 3. The van der Waals surface area contributed by atoms with Gasteiger partial charge >= 0.3 is 6.18 Å². The first-order valence-electron chi connectivity index (χ1n) is 7.97. The van der Waals surface area contributed by atoms with Crippen molar-refractivity contribution < 1.29 is 22.7 Å². The molecule has 0 aliphatic carbocycles. The molecule has 2 aliphatic rings. The second-order valence-corrected chi connectivity index (χ2v) is 5.97. The summed E-state index contributed by atoms with van der Waals surface area (Å²) in [7, 11) is 0. The van der Waals surface area contributed by atoms with E-state index >= 15 is 0 Å². The quantitative estimate of drug-likeness (QED) is 0.815. The number of alkyl halides is 3. The average Bonchev–Trinajstić information content (AvgIpc) is 2.98. The molecule has 1 amide bonds. The Labute approximate surface area is 137 Å². The number of carbonyl (C=O) groups is 1. The van der Waals surface area contributed by atoms with Gasteiger partial charge in [0.2, 0.25) is 11.9 Å². The van der Waals surface area contributed by atoms with E-state index in [1.54, 1.807) is 9.80 Å². The van der Waals surface area contributed by atoms with Gasteiger partial charge in [0.15, 0.2) is 0 Å². The number of carbonyl (C=O) groups excluding carboxylic acids is 1. The Bertz CT molecular complexity index is 590. The zero-order valence-corrected chi connectivity index (χ0v) is 13.1. The number of anilines is 1. The van der Waals surface area contributed by atoms with Crippen LogP contribution in [0.4, 0.5) is 19.1 Å². The van der Waals surface area contributed by atoms with E-state index in [0.717, 1.165) is 18.7 Å². The molecular weight excluding hydrogens is 325 g/mol. The first-order valence-corrected chi connectivity index (χ1v) is 7.97. The van der Waals surface area contributed by atoms with Gasteiger partial charge in [-0.05, 0) is 18.9 Å². The number of hydrogen-bond acceptors (Lipinski definition) is 5. The summed E-state index contributed by atoms with van der Waals surface area (Å²) in [4.78, 5) is 23.5. The summed E-state index contributed by atoms with van der Waals surface area (Å²) >= 11 is 0. The van der Waals surface area contributed by atoms with Gasteiger partial charge in [0.1, 0.15) is 5.69 Å². The third-order valence-corrected chi connectivity index (χ3v) is 4.30. The number of aromatic nitrogens is 2. The molecule has 1 aromatic heterocycles. The van der Waals surface area contributed by atoms with Crippen LogP contribution in [0.1, 0.15) is 18.5 Å². The molecule has 24 heavy (non-hydrogen) atoms. The first-order chi connectivity index (χ1) is 11.4. The van der Waals surface area contributed by atoms with Crippen LogP contribution in [0.5, 0.6) is 0 Å². The van der Waals surface area contributed by atoms with Crippen LogP contribution in [0.3, 0.4) is 0 Å². The number of amides is 1. The van der Waals surface area contributed by atoms with Crippen LogP contribution in [-0.4, -0.2) is 60.2 Å². The zero-order chi connectivity index (χ0) is 17.2. The summed E-state index contributed by atoms with van der Waals surface area (Å²) in [5.74, 6) is 0.0315. The van der Waals surface area contributed by atoms with E-state index in [-0.39, 0.29) is 17.8 Å². The van der Waals surface area contributed by atoms with Crippen molar-refractivity contribution in [3.8, 4) is 0 Å². The SMILES string of the molecule is O=C(C1CCOC1)N1CCCN(c2nccc(C(F)(F)F)n2)CC1. The predicted molar refractivity (Wildman–Crippen MR) is 79.4 cm³/mol. The van der Waals surface area contributed by atoms with Crippen molar-refractivity contribution in [1.82, 2.24) is 14.9 Å². The Morgan fingerprint density at radius 3 is 2.79 bits per heavy atom. The molecule has 0 saturated carbocycles. The van der Waals surface area contributed by atoms with Crippen molar-refractivity contribution in [2.75, 3.05) is 44.3 Å². The van der Waals surface area contributed by atoms with Crippen molar-refractivity contribution in [3.05, 3.63) is 18.0 Å². The molecule has 1 unspecified atom stereocenters. The van der Waals surface area contributed by atoms with E-state index in [1.807, 2.05) is 0 Å². The summed E-state index contributed by atoms with van der Waals surface area (Å²) < 4.78 is 43.6. The maximum atomic E-state index is 12.8. The van der Waals surface area contributed by atoms with Crippen LogP contribution in [0.25, 0.3) is 0 Å². The van der Waals surface area contributed by atoms with Gasteiger partial charge in [-0.15, -0.1) is 0 Å². The number of ether oxygens (including phenoxy) is 1. The van der Waals surface area contributed by atoms with Crippen molar-refractivity contribution in [1.29, 1.82) is 0 Å². The molecule has 1 atom stereocenters. The highest BCUT2D eigenvalue weighted by Crippen LogP contribution is 2.28. The second kappa shape index (κ2) is 6.92. The van der Waals surface area contributed by atoms with Crippen molar-refractivity contribution in [3.63, 3.8) is 0 Å². The average molecular weight is 344 g/mol. The third-order valence-electron chi connectivity index (χ3n) is 4.30. The summed E-state index contributed by atoms with van der Waals surface area (Å²) in [5, 5.41) is 0. The highest BCUT2D eigenvalue weighted by atomic mass is 19.4. The topological polar surface area (TPSA) is 58.6 Å². The molecule has 0 aromatic carbocycles. The van der Waals surface area contributed by atoms with E-state index in [1.165, 1.54) is 0 Å². The number of rotatable bonds is 2. The molecule has 1 aromatic rings. The Hall–Kier alpha value is -1.90. The fourth-order valence-electron chi connectivity index (χ4n) is 2.98. The fraction of sp³-hybridized carbons (Fsp3) is 0.667. The predicted octanol–water partition coefficient (Wildman–Crippen LogP) is 1.57. The lowest BCUT2D eigenvalue weighted by molar-refractivity contribution is -0.141. The molecule has 2 saturated heterocycles. The van der Waals surface area contributed by atoms with Crippen LogP contribution >= 0.6 is 0 Å². The summed E-state index contributed by atoms with van der Waals surface area (Å²) in [5.41, 5.74) is -0.951. The van der Waals surface area contributed by atoms with Crippen LogP contribution in [-0.2, 0) is 15.7 Å². The summed E-state index contributed by atoms with van der Waals surface area (Å²) in [6.07, 6.45) is -1.97. The van der Waals surface area contributed by atoms with Gasteiger partial charge in [0.25, 0.3) is 0 Å². The number of hydrogen-bond donors (Lipinski definition) is 0. The highest BCUT2D eigenvalue weighted by molar-refractivity contribution is 5.79. The minimum atomic E-state index is -4.49. The lowest BCUT2D eigenvalue weighted by Gasteiger charge is -2.24. The largest absolute Gasteiger partial charge is 0.433 e. The van der Waals surface area contributed by atoms with Crippen LogP contribution in [0.2, 0.25) is 0 Å². The molecule has 0 spiro atoms. The Morgan fingerprint density at radius 1 is 1.25 bits per heavy atom. The molecule has 2 fully saturated rings. The van der Waals surface area contributed by atoms with Crippen LogP contribution in [0.15, 0.2) is 12.3 Å². The van der Waals surface area contributed by atoms with Gasteiger partial charge in [-0.1, -0.05) is 0 Å². The molecule has 132 valence electrons. The third kappa shape index (κ3) is 3.77. The maximum absolute atomic E-state index is 12.8. The molecule has 9 heteroatoms. The van der Waals surface area contributed by atoms with Gasteiger partial charge in [0.05, 0.1) is 12.5 Å². The fourth-order valence-corrected chi connectivity index (χ4v) is 2.98. The summed E-state index contributed by atoms with van der Waals surface area (Å²) in [6.45, 7) is 3.04. The highest BCUT2D eigenvalue weighted by Gasteiger charge is 2.34. The zero-order valence-electron chi connectivity index (χ0n) is 13.1. The molecule has 0 N–H and O–H groups in total. The van der Waals surface area contributed by atoms with E-state index in [0.29, 0.717) is 45.8 Å². The normalized spacial score (nSPS) is 22.5. The second-order valence-electron chi connectivity index (χ2n) is 5.97. The van der Waals surface area contributed by atoms with Crippen LogP contribution < -0.4 is 4.90 Å². The Morgan fingerprint density at radius 2 is 2.08 bits per heavy atom. The van der Waals surface area contributed by atoms with E-state index in [4.69, 9.17) is 4.74 Å². The van der Waals surface area contributed by atoms with Gasteiger partial charge < -0.3 is 14.5 Å². The van der Waals surface area contributed by atoms with E-state index < -0.39 is 11.9 Å². The van der Waals surface area contributed by atoms with Gasteiger partial charge in [-0.3, -0.25) is 4.79 Å². The van der Waals surface area contributed by atoms with Gasteiger partial charge in [-0.25, -0.2) is 9.97 Å². The minimum Gasteiger partial charge on any atom is -0.381 e. The molecule has 3 rings (SSSR count). The molecule has 3 heterocycles. The Kier molecular flexibility index (Phi) is 4.88. The van der Waals surface area contributed by atoms with E-state index in [9.17, 15) is 18.0 Å². The van der Waals surface area contributed by atoms with Gasteiger partial charge in [0, 0.05) is 39.0 Å². The van der Waals surface area contributed by atoms with Crippen LogP contribution in [0, 0.1) is 5.92 Å². The van der Waals surface area contributed by atoms with Crippen molar-refractivity contribution in [2.24, 2.45) is 5.92 Å². The maximum Gasteiger partial charge on any atom is 0.433 e. The standard InChI is InChI=1S/C15H19F3N4O2/c16-15(17,18)12-2-4-19-14(20-12)22-6-1-5-21(7-8-22)13(23)11-3-9-24-10-11/h2,4,11H,1,3,5-10H2. The van der Waals surface area contributed by atoms with Crippen molar-refractivity contribution in [2.45, 2.75) is 19.0 Å². The molecule has 2 aliphatic heterocycles. The molecule has 0 bridgehead atoms. The molecular formula is C15H19F3N4O2. The first kappa shape index (κ1) is 16.9. The lowest BCUT2D eigenvalue weighted by Crippen LogP contribution is -2.39. The lowest BCUT2D eigenvalue weighted by atomic mass is 10.1. The Balaban J connectivity index is 1.66. The van der Waals surface area contributed by atoms with Gasteiger partial charge in [-0.2, -0.15) is 13.2 Å². The molecule has 0 radical (unpaired) electrons. The van der Waals surface area contributed by atoms with E-state index in [2.05, 4.69) is 9.97 Å². The monoisotopic (exact) mass is 344 g/mol. The molecule has 6 nitrogen and oxygen atoms in total. The number of nitrogens with zero attached hydrogens (tertiary/aromatic N) is 4.